The highest BCUT2D eigenvalue weighted by molar-refractivity contribution is 7.88. The van der Waals surface area contributed by atoms with Crippen LogP contribution in [0.25, 0.3) is 0 Å². The molecule has 1 rings (SSSR count). The lowest BCUT2D eigenvalue weighted by Crippen LogP contribution is -2.59. The minimum atomic E-state index is -4.15. The summed E-state index contributed by atoms with van der Waals surface area (Å²) in [6, 6.07) is 0. The fourth-order valence-electron chi connectivity index (χ4n) is 2.62. The van der Waals surface area contributed by atoms with Crippen LogP contribution in [0.2, 0.25) is 0 Å². The lowest BCUT2D eigenvalue weighted by molar-refractivity contribution is -0.137. The molecule has 1 unspecified atom stereocenters. The Bertz CT molecular complexity index is 434. The minimum Gasteiger partial charge on any atom is -0.329 e. The first kappa shape index (κ1) is 18.7. The zero-order chi connectivity index (χ0) is 16.3. The Morgan fingerprint density at radius 3 is 2.00 bits per heavy atom. The third-order valence-electron chi connectivity index (χ3n) is 4.09. The SMILES string of the molecule is CC(CN)(CCCC(F)(F)F)N1CCN(S(C)(=O)=O)CC1. The van der Waals surface area contributed by atoms with Crippen LogP contribution in [0.1, 0.15) is 26.2 Å². The van der Waals surface area contributed by atoms with Crippen molar-refractivity contribution in [2.45, 2.75) is 37.9 Å². The molecule has 9 heteroatoms. The molecule has 5 nitrogen and oxygen atoms in total. The van der Waals surface area contributed by atoms with E-state index in [1.54, 1.807) is 0 Å². The van der Waals surface area contributed by atoms with Crippen LogP contribution in [0.4, 0.5) is 13.2 Å². The fourth-order valence-corrected chi connectivity index (χ4v) is 3.45. The minimum absolute atomic E-state index is 0.0312. The van der Waals surface area contributed by atoms with Crippen molar-refractivity contribution in [3.8, 4) is 0 Å². The Labute approximate surface area is 124 Å². The van der Waals surface area contributed by atoms with Gasteiger partial charge in [-0.1, -0.05) is 0 Å². The van der Waals surface area contributed by atoms with Gasteiger partial charge in [-0.3, -0.25) is 4.90 Å². The van der Waals surface area contributed by atoms with Crippen LogP contribution in [0.5, 0.6) is 0 Å². The van der Waals surface area contributed by atoms with Gasteiger partial charge in [-0.15, -0.1) is 0 Å². The van der Waals surface area contributed by atoms with Crippen molar-refractivity contribution in [1.82, 2.24) is 9.21 Å². The van der Waals surface area contributed by atoms with Crippen LogP contribution < -0.4 is 5.73 Å². The molecular formula is C12H24F3N3O2S. The number of piperazine rings is 1. The van der Waals surface area contributed by atoms with E-state index in [2.05, 4.69) is 0 Å². The number of nitrogens with two attached hydrogens (primary N) is 1. The predicted molar refractivity (Wildman–Crippen MR) is 75.4 cm³/mol. The maximum absolute atomic E-state index is 12.2. The van der Waals surface area contributed by atoms with Gasteiger partial charge in [-0.25, -0.2) is 8.42 Å². The monoisotopic (exact) mass is 331 g/mol. The first-order chi connectivity index (χ1) is 9.48. The number of halogens is 3. The highest BCUT2D eigenvalue weighted by atomic mass is 32.2. The number of alkyl halides is 3. The third kappa shape index (κ3) is 5.72. The molecule has 0 radical (unpaired) electrons. The molecule has 0 amide bonds. The lowest BCUT2D eigenvalue weighted by atomic mass is 9.92. The molecule has 21 heavy (non-hydrogen) atoms. The smallest absolute Gasteiger partial charge is 0.329 e. The summed E-state index contributed by atoms with van der Waals surface area (Å²) in [6.07, 6.45) is -3.42. The summed E-state index contributed by atoms with van der Waals surface area (Å²) < 4.78 is 61.0. The number of hydrogen-bond donors (Lipinski definition) is 1. The van der Waals surface area contributed by atoms with Gasteiger partial charge >= 0.3 is 6.18 Å². The van der Waals surface area contributed by atoms with Gasteiger partial charge in [0, 0.05) is 44.7 Å². The summed E-state index contributed by atoms with van der Waals surface area (Å²) >= 11 is 0. The largest absolute Gasteiger partial charge is 0.389 e. The zero-order valence-corrected chi connectivity index (χ0v) is 13.3. The molecule has 0 aliphatic carbocycles. The third-order valence-corrected chi connectivity index (χ3v) is 5.39. The van der Waals surface area contributed by atoms with Gasteiger partial charge in [0.05, 0.1) is 6.26 Å². The van der Waals surface area contributed by atoms with E-state index in [4.69, 9.17) is 5.73 Å². The average Bonchev–Trinajstić information content (AvgIpc) is 2.36. The highest BCUT2D eigenvalue weighted by Gasteiger charge is 2.36. The van der Waals surface area contributed by atoms with E-state index >= 15 is 0 Å². The number of rotatable bonds is 6. The Balaban J connectivity index is 2.56. The summed E-state index contributed by atoms with van der Waals surface area (Å²) in [4.78, 5) is 2.01. The molecule has 1 heterocycles. The maximum Gasteiger partial charge on any atom is 0.389 e. The van der Waals surface area contributed by atoms with E-state index in [-0.39, 0.29) is 13.0 Å². The van der Waals surface area contributed by atoms with Crippen molar-refractivity contribution >= 4 is 10.0 Å². The average molecular weight is 331 g/mol. The molecular weight excluding hydrogens is 307 g/mol. The molecule has 2 N–H and O–H groups in total. The Morgan fingerprint density at radius 1 is 1.10 bits per heavy atom. The molecule has 0 aromatic carbocycles. The highest BCUT2D eigenvalue weighted by Crippen LogP contribution is 2.28. The Morgan fingerprint density at radius 2 is 1.62 bits per heavy atom. The van der Waals surface area contributed by atoms with Crippen molar-refractivity contribution in [3.63, 3.8) is 0 Å². The van der Waals surface area contributed by atoms with Crippen molar-refractivity contribution in [1.29, 1.82) is 0 Å². The van der Waals surface area contributed by atoms with E-state index in [0.29, 0.717) is 32.6 Å². The van der Waals surface area contributed by atoms with Gasteiger partial charge in [0.1, 0.15) is 0 Å². The summed E-state index contributed by atoms with van der Waals surface area (Å²) in [5.74, 6) is 0. The molecule has 0 aromatic rings. The van der Waals surface area contributed by atoms with E-state index < -0.39 is 28.2 Å². The van der Waals surface area contributed by atoms with Crippen LogP contribution in [0, 0.1) is 0 Å². The van der Waals surface area contributed by atoms with E-state index in [1.165, 1.54) is 4.31 Å². The van der Waals surface area contributed by atoms with E-state index in [1.807, 2.05) is 11.8 Å². The molecule has 0 spiro atoms. The Hall–Kier alpha value is -0.380. The van der Waals surface area contributed by atoms with Crippen LogP contribution in [0.3, 0.4) is 0 Å². The first-order valence-electron chi connectivity index (χ1n) is 6.95. The second kappa shape index (κ2) is 6.80. The molecule has 1 aliphatic rings. The van der Waals surface area contributed by atoms with Gasteiger partial charge in [0.2, 0.25) is 10.0 Å². The standard InChI is InChI=1S/C12H24F3N3O2S/c1-11(10-16,4-3-5-12(13,14)15)17-6-8-18(9-7-17)21(2,19)20/h3-10,16H2,1-2H3. The van der Waals surface area contributed by atoms with E-state index in [9.17, 15) is 21.6 Å². The van der Waals surface area contributed by atoms with Crippen LogP contribution in [-0.2, 0) is 10.0 Å². The van der Waals surface area contributed by atoms with Crippen molar-refractivity contribution in [2.24, 2.45) is 5.73 Å². The predicted octanol–water partition coefficient (Wildman–Crippen LogP) is 1.01. The van der Waals surface area contributed by atoms with Crippen LogP contribution in [-0.4, -0.2) is 68.3 Å². The van der Waals surface area contributed by atoms with Crippen molar-refractivity contribution in [2.75, 3.05) is 39.0 Å². The number of sulfonamides is 1. The normalized spacial score (nSPS) is 22.2. The van der Waals surface area contributed by atoms with Gasteiger partial charge < -0.3 is 5.73 Å². The molecule has 0 aromatic heterocycles. The van der Waals surface area contributed by atoms with E-state index in [0.717, 1.165) is 6.26 Å². The summed E-state index contributed by atoms with van der Waals surface area (Å²) in [5, 5.41) is 0. The van der Waals surface area contributed by atoms with Crippen LogP contribution in [0.15, 0.2) is 0 Å². The van der Waals surface area contributed by atoms with Crippen molar-refractivity contribution in [3.05, 3.63) is 0 Å². The zero-order valence-electron chi connectivity index (χ0n) is 12.5. The summed E-state index contributed by atoms with van der Waals surface area (Å²) in [6.45, 7) is 3.80. The van der Waals surface area contributed by atoms with Gasteiger partial charge in [0.15, 0.2) is 0 Å². The first-order valence-corrected chi connectivity index (χ1v) is 8.80. The van der Waals surface area contributed by atoms with Gasteiger partial charge in [0.25, 0.3) is 0 Å². The number of hydrogen-bond acceptors (Lipinski definition) is 4. The summed E-state index contributed by atoms with van der Waals surface area (Å²) in [7, 11) is -3.21. The van der Waals surface area contributed by atoms with Gasteiger partial charge in [-0.2, -0.15) is 17.5 Å². The fraction of sp³-hybridized carbons (Fsp3) is 1.00. The molecule has 1 saturated heterocycles. The molecule has 126 valence electrons. The summed E-state index contributed by atoms with van der Waals surface area (Å²) in [5.41, 5.74) is 5.23. The Kier molecular flexibility index (Phi) is 6.05. The maximum atomic E-state index is 12.2. The molecule has 0 saturated carbocycles. The molecule has 1 aliphatic heterocycles. The molecule has 1 atom stereocenters. The van der Waals surface area contributed by atoms with Crippen LogP contribution >= 0.6 is 0 Å². The number of nitrogens with zero attached hydrogens (tertiary/aromatic N) is 2. The second-order valence-electron chi connectivity index (χ2n) is 5.82. The van der Waals surface area contributed by atoms with Crippen molar-refractivity contribution < 1.29 is 21.6 Å². The topological polar surface area (TPSA) is 66.6 Å². The quantitative estimate of drug-likeness (QED) is 0.789. The second-order valence-corrected chi connectivity index (χ2v) is 7.80. The van der Waals surface area contributed by atoms with Gasteiger partial charge in [-0.05, 0) is 19.8 Å². The molecule has 0 bridgehead atoms. The lowest BCUT2D eigenvalue weighted by Gasteiger charge is -2.45. The molecule has 1 fully saturated rings.